The van der Waals surface area contributed by atoms with Gasteiger partial charge in [-0.15, -0.1) is 0 Å². The Bertz CT molecular complexity index is 1140. The highest BCUT2D eigenvalue weighted by molar-refractivity contribution is 7.89. The van der Waals surface area contributed by atoms with Crippen molar-refractivity contribution in [2.75, 3.05) is 18.0 Å². The van der Waals surface area contributed by atoms with Gasteiger partial charge in [-0.2, -0.15) is 4.31 Å². The van der Waals surface area contributed by atoms with E-state index in [1.807, 2.05) is 31.2 Å². The van der Waals surface area contributed by atoms with Gasteiger partial charge in [0.05, 0.1) is 11.4 Å². The molecule has 2 aromatic carbocycles. The van der Waals surface area contributed by atoms with Crippen molar-refractivity contribution in [3.63, 3.8) is 0 Å². The van der Waals surface area contributed by atoms with E-state index in [-0.39, 0.29) is 29.9 Å². The SMILES string of the molecule is Cc1ccccc1N1C(=O)CN(S(=O)(=O)c2ccccc2)C[C@@]1(C)C(=O)NC1CCCCCC1. The zero-order chi connectivity index (χ0) is 24.3. The lowest BCUT2D eigenvalue weighted by Crippen LogP contribution is -2.70. The van der Waals surface area contributed by atoms with E-state index >= 15 is 0 Å². The van der Waals surface area contributed by atoms with Crippen LogP contribution in [0.15, 0.2) is 59.5 Å². The third kappa shape index (κ3) is 4.74. The van der Waals surface area contributed by atoms with Crippen molar-refractivity contribution in [3.05, 3.63) is 60.2 Å². The van der Waals surface area contributed by atoms with Gasteiger partial charge >= 0.3 is 0 Å². The van der Waals surface area contributed by atoms with Gasteiger partial charge in [-0.05, 0) is 50.5 Å². The first-order valence-electron chi connectivity index (χ1n) is 12.0. The molecule has 1 atom stereocenters. The predicted octanol–water partition coefficient (Wildman–Crippen LogP) is 3.63. The molecule has 7 nitrogen and oxygen atoms in total. The molecule has 182 valence electrons. The molecule has 1 N–H and O–H groups in total. The average molecular weight is 484 g/mol. The lowest BCUT2D eigenvalue weighted by Gasteiger charge is -2.47. The smallest absolute Gasteiger partial charge is 0.247 e. The Morgan fingerprint density at radius 3 is 2.24 bits per heavy atom. The molecule has 2 amide bonds. The van der Waals surface area contributed by atoms with Crippen LogP contribution in [0.1, 0.15) is 51.0 Å². The summed E-state index contributed by atoms with van der Waals surface area (Å²) in [6, 6.07) is 15.5. The first-order valence-corrected chi connectivity index (χ1v) is 13.4. The zero-order valence-corrected chi connectivity index (χ0v) is 20.7. The highest BCUT2D eigenvalue weighted by Crippen LogP contribution is 2.34. The molecule has 2 aromatic rings. The van der Waals surface area contributed by atoms with E-state index < -0.39 is 21.5 Å². The average Bonchev–Trinajstić information content (AvgIpc) is 3.09. The molecule has 0 aromatic heterocycles. The minimum Gasteiger partial charge on any atom is -0.351 e. The Labute approximate surface area is 202 Å². The Morgan fingerprint density at radius 2 is 1.59 bits per heavy atom. The molecule has 0 unspecified atom stereocenters. The normalized spacial score (nSPS) is 22.9. The third-order valence-corrected chi connectivity index (χ3v) is 8.76. The number of benzene rings is 2. The molecule has 1 aliphatic carbocycles. The molecule has 1 saturated heterocycles. The van der Waals surface area contributed by atoms with Gasteiger partial charge < -0.3 is 5.32 Å². The number of piperazine rings is 1. The number of anilines is 1. The van der Waals surface area contributed by atoms with Crippen LogP contribution in [0.5, 0.6) is 0 Å². The molecule has 2 fully saturated rings. The number of nitrogens with one attached hydrogen (secondary N) is 1. The fourth-order valence-electron chi connectivity index (χ4n) is 5.03. The summed E-state index contributed by atoms with van der Waals surface area (Å²) in [7, 11) is -3.95. The van der Waals surface area contributed by atoms with Crippen molar-refractivity contribution < 1.29 is 18.0 Å². The molecule has 0 radical (unpaired) electrons. The molecular weight excluding hydrogens is 450 g/mol. The first kappa shape index (κ1) is 24.4. The van der Waals surface area contributed by atoms with Gasteiger partial charge in [0.25, 0.3) is 0 Å². The Hall–Kier alpha value is -2.71. The summed E-state index contributed by atoms with van der Waals surface area (Å²) in [5.41, 5.74) is 0.0850. The number of carbonyl (C=O) groups is 2. The highest BCUT2D eigenvalue weighted by Gasteiger charge is 2.51. The number of rotatable bonds is 5. The van der Waals surface area contributed by atoms with Crippen molar-refractivity contribution in [2.45, 2.75) is 68.8 Å². The summed E-state index contributed by atoms with van der Waals surface area (Å²) in [5, 5.41) is 3.17. The van der Waals surface area contributed by atoms with E-state index in [4.69, 9.17) is 0 Å². The number of nitrogens with zero attached hydrogens (tertiary/aromatic N) is 2. The van der Waals surface area contributed by atoms with Crippen LogP contribution in [0.25, 0.3) is 0 Å². The van der Waals surface area contributed by atoms with E-state index in [1.54, 1.807) is 25.1 Å². The minimum absolute atomic E-state index is 0.0294. The van der Waals surface area contributed by atoms with E-state index in [2.05, 4.69) is 5.32 Å². The number of carbonyl (C=O) groups excluding carboxylic acids is 2. The number of amides is 2. The molecule has 4 rings (SSSR count). The standard InChI is InChI=1S/C26H33N3O4S/c1-20-12-10-11-17-23(20)29-24(30)18-28(34(32,33)22-15-8-5-9-16-22)19-26(29,2)25(31)27-21-13-6-3-4-7-14-21/h5,8-12,15-17,21H,3-4,6-7,13-14,18-19H2,1-2H3,(H,27,31)/t26-/m0/s1. The van der Waals surface area contributed by atoms with Gasteiger partial charge in [-0.1, -0.05) is 62.1 Å². The third-order valence-electron chi connectivity index (χ3n) is 6.96. The summed E-state index contributed by atoms with van der Waals surface area (Å²) in [5.74, 6) is -0.734. The Morgan fingerprint density at radius 1 is 0.971 bits per heavy atom. The Kier molecular flexibility index (Phi) is 7.09. The monoisotopic (exact) mass is 483 g/mol. The molecule has 34 heavy (non-hydrogen) atoms. The van der Waals surface area contributed by atoms with E-state index in [9.17, 15) is 18.0 Å². The zero-order valence-electron chi connectivity index (χ0n) is 19.9. The van der Waals surface area contributed by atoms with Crippen molar-refractivity contribution in [3.8, 4) is 0 Å². The number of aryl methyl sites for hydroxylation is 1. The predicted molar refractivity (Wildman–Crippen MR) is 132 cm³/mol. The molecule has 1 heterocycles. The van der Waals surface area contributed by atoms with Gasteiger partial charge in [0, 0.05) is 18.3 Å². The quantitative estimate of drug-likeness (QED) is 0.658. The van der Waals surface area contributed by atoms with Crippen LogP contribution in [0.2, 0.25) is 0 Å². The van der Waals surface area contributed by atoms with E-state index in [0.29, 0.717) is 5.69 Å². The topological polar surface area (TPSA) is 86.8 Å². The second kappa shape index (κ2) is 9.88. The van der Waals surface area contributed by atoms with Crippen LogP contribution in [-0.2, 0) is 19.6 Å². The van der Waals surface area contributed by atoms with Crippen molar-refractivity contribution in [1.82, 2.24) is 9.62 Å². The number of para-hydroxylation sites is 1. The molecule has 1 saturated carbocycles. The molecular formula is C26H33N3O4S. The fraction of sp³-hybridized carbons (Fsp3) is 0.462. The van der Waals surface area contributed by atoms with Gasteiger partial charge in [0.15, 0.2) is 0 Å². The number of hydrogen-bond acceptors (Lipinski definition) is 4. The number of hydrogen-bond donors (Lipinski definition) is 1. The van der Waals surface area contributed by atoms with Crippen LogP contribution in [0, 0.1) is 6.92 Å². The van der Waals surface area contributed by atoms with Crippen LogP contribution in [0.4, 0.5) is 5.69 Å². The fourth-order valence-corrected chi connectivity index (χ4v) is 6.53. The lowest BCUT2D eigenvalue weighted by atomic mass is 9.92. The second-order valence-corrected chi connectivity index (χ2v) is 11.5. The van der Waals surface area contributed by atoms with E-state index in [1.165, 1.54) is 17.0 Å². The largest absolute Gasteiger partial charge is 0.351 e. The summed E-state index contributed by atoms with van der Waals surface area (Å²) in [6.07, 6.45) is 6.20. The van der Waals surface area contributed by atoms with Gasteiger partial charge in [0.2, 0.25) is 21.8 Å². The van der Waals surface area contributed by atoms with Crippen LogP contribution >= 0.6 is 0 Å². The molecule has 1 aliphatic heterocycles. The second-order valence-electron chi connectivity index (χ2n) is 9.54. The molecule has 0 bridgehead atoms. The summed E-state index contributed by atoms with van der Waals surface area (Å²) >= 11 is 0. The van der Waals surface area contributed by atoms with Gasteiger partial charge in [-0.25, -0.2) is 8.42 Å². The lowest BCUT2D eigenvalue weighted by molar-refractivity contribution is -0.133. The van der Waals surface area contributed by atoms with Crippen LogP contribution in [-0.4, -0.2) is 49.2 Å². The summed E-state index contributed by atoms with van der Waals surface area (Å²) in [6.45, 7) is 3.12. The highest BCUT2D eigenvalue weighted by atomic mass is 32.2. The van der Waals surface area contributed by atoms with Gasteiger partial charge in [0.1, 0.15) is 5.54 Å². The molecule has 0 spiro atoms. The molecule has 2 aliphatic rings. The maximum atomic E-state index is 13.8. The van der Waals surface area contributed by atoms with Crippen LogP contribution in [0.3, 0.4) is 0 Å². The van der Waals surface area contributed by atoms with Crippen molar-refractivity contribution >= 4 is 27.5 Å². The van der Waals surface area contributed by atoms with Gasteiger partial charge in [-0.3, -0.25) is 14.5 Å². The Balaban J connectivity index is 1.72. The summed E-state index contributed by atoms with van der Waals surface area (Å²) < 4.78 is 28.0. The number of sulfonamides is 1. The molecule has 8 heteroatoms. The summed E-state index contributed by atoms with van der Waals surface area (Å²) in [4.78, 5) is 29.0. The first-order chi connectivity index (χ1) is 16.2. The van der Waals surface area contributed by atoms with Crippen molar-refractivity contribution in [1.29, 1.82) is 0 Å². The minimum atomic E-state index is -3.95. The van der Waals surface area contributed by atoms with Crippen molar-refractivity contribution in [2.24, 2.45) is 0 Å². The maximum absolute atomic E-state index is 13.8. The van der Waals surface area contributed by atoms with E-state index in [0.717, 1.165) is 48.4 Å². The maximum Gasteiger partial charge on any atom is 0.247 e. The van der Waals surface area contributed by atoms with Crippen LogP contribution < -0.4 is 10.2 Å².